The van der Waals surface area contributed by atoms with Gasteiger partial charge in [-0.1, -0.05) is 30.3 Å². The van der Waals surface area contributed by atoms with Crippen molar-refractivity contribution in [2.24, 2.45) is 0 Å². The number of ether oxygens (including phenoxy) is 4. The number of nitrogens with one attached hydrogen (secondary N) is 2. The van der Waals surface area contributed by atoms with E-state index in [1.54, 1.807) is 71.9 Å². The van der Waals surface area contributed by atoms with Gasteiger partial charge in [0, 0.05) is 25.2 Å². The molecule has 0 radical (unpaired) electrons. The van der Waals surface area contributed by atoms with Gasteiger partial charge in [0.05, 0.1) is 19.1 Å². The number of nitrogens with zero attached hydrogens (tertiary/aromatic N) is 1. The fourth-order valence-corrected chi connectivity index (χ4v) is 3.82. The summed E-state index contributed by atoms with van der Waals surface area (Å²) < 4.78 is 35.6. The second-order valence-corrected chi connectivity index (χ2v) is 12.0. The number of carbonyl (C=O) groups is 5. The predicted molar refractivity (Wildman–Crippen MR) is 161 cm³/mol. The van der Waals surface area contributed by atoms with E-state index in [0.717, 1.165) is 18.1 Å². The summed E-state index contributed by atoms with van der Waals surface area (Å²) in [6, 6.07) is 10.9. The van der Waals surface area contributed by atoms with Crippen molar-refractivity contribution in [1.82, 2.24) is 15.5 Å². The minimum atomic E-state index is -1.47. The SMILES string of the molecule is COC(=O)C[C@@H](NC(=O)OCc1ccccc1)C(=O)N(CCNC(=O)OC(C)(C)C)Cc1cc(C(=O)OC(C)(C)C)ccc1F. The van der Waals surface area contributed by atoms with Gasteiger partial charge in [0.1, 0.15) is 29.7 Å². The second-order valence-electron chi connectivity index (χ2n) is 12.0. The van der Waals surface area contributed by atoms with Crippen LogP contribution in [0.1, 0.15) is 69.4 Å². The van der Waals surface area contributed by atoms with Crippen LogP contribution in [-0.4, -0.2) is 72.4 Å². The Hall–Kier alpha value is -4.68. The Morgan fingerprint density at radius 1 is 0.889 bits per heavy atom. The number of alkyl carbamates (subject to hydrolysis) is 2. The van der Waals surface area contributed by atoms with Crippen LogP contribution in [-0.2, 0) is 41.7 Å². The fraction of sp³-hybridized carbons (Fsp3) is 0.469. The third-order valence-electron chi connectivity index (χ3n) is 5.80. The van der Waals surface area contributed by atoms with E-state index in [1.807, 2.05) is 0 Å². The molecule has 0 spiro atoms. The normalized spacial score (nSPS) is 11.9. The fourth-order valence-electron chi connectivity index (χ4n) is 3.82. The maximum atomic E-state index is 15.0. The first-order valence-electron chi connectivity index (χ1n) is 14.3. The summed E-state index contributed by atoms with van der Waals surface area (Å²) in [7, 11) is 1.12. The van der Waals surface area contributed by atoms with Crippen LogP contribution < -0.4 is 10.6 Å². The highest BCUT2D eigenvalue weighted by Gasteiger charge is 2.30. The lowest BCUT2D eigenvalue weighted by molar-refractivity contribution is -0.145. The largest absolute Gasteiger partial charge is 0.469 e. The molecule has 0 saturated carbocycles. The first-order chi connectivity index (χ1) is 21.0. The number of carbonyl (C=O) groups excluding carboxylic acids is 5. The predicted octanol–water partition coefficient (Wildman–Crippen LogP) is 4.49. The zero-order chi connectivity index (χ0) is 33.8. The molecule has 3 amide bonds. The van der Waals surface area contributed by atoms with Gasteiger partial charge in [-0.05, 0) is 65.3 Å². The summed E-state index contributed by atoms with van der Waals surface area (Å²) in [4.78, 5) is 64.7. The van der Waals surface area contributed by atoms with Crippen LogP contribution in [0.2, 0.25) is 0 Å². The van der Waals surface area contributed by atoms with Crippen molar-refractivity contribution in [3.05, 3.63) is 71.0 Å². The van der Waals surface area contributed by atoms with E-state index < -0.39 is 66.1 Å². The quantitative estimate of drug-likeness (QED) is 0.255. The summed E-state index contributed by atoms with van der Waals surface area (Å²) in [5, 5.41) is 4.91. The molecule has 0 aliphatic carbocycles. The Bertz CT molecular complexity index is 1340. The first kappa shape index (κ1) is 36.5. The standard InChI is InChI=1S/C32H42FN3O9/c1-31(2,3)44-28(39)22-13-14-24(33)23(17-22)19-36(16-15-34-29(40)45-32(4,5)6)27(38)25(18-26(37)42-7)35-30(41)43-20-21-11-9-8-10-12-21/h8-14,17,25H,15-16,18-20H2,1-7H3,(H,34,40)(H,35,41)/t25-/m1/s1. The van der Waals surface area contributed by atoms with Crippen molar-refractivity contribution in [2.75, 3.05) is 20.2 Å². The van der Waals surface area contributed by atoms with E-state index in [4.69, 9.17) is 18.9 Å². The molecule has 0 aliphatic rings. The van der Waals surface area contributed by atoms with Crippen LogP contribution in [0.5, 0.6) is 0 Å². The Kier molecular flexibility index (Phi) is 13.3. The van der Waals surface area contributed by atoms with E-state index in [-0.39, 0.29) is 30.8 Å². The Labute approximate surface area is 262 Å². The van der Waals surface area contributed by atoms with Gasteiger partial charge in [-0.25, -0.2) is 18.8 Å². The molecule has 0 heterocycles. The smallest absolute Gasteiger partial charge is 0.408 e. The highest BCUT2D eigenvalue weighted by molar-refractivity contribution is 5.91. The summed E-state index contributed by atoms with van der Waals surface area (Å²) >= 11 is 0. The molecule has 2 N–H and O–H groups in total. The Morgan fingerprint density at radius 2 is 1.53 bits per heavy atom. The molecule has 0 aliphatic heterocycles. The zero-order valence-corrected chi connectivity index (χ0v) is 26.7. The van der Waals surface area contributed by atoms with Crippen molar-refractivity contribution in [2.45, 2.75) is 78.4 Å². The van der Waals surface area contributed by atoms with E-state index >= 15 is 4.39 Å². The summed E-state index contributed by atoms with van der Waals surface area (Å²) in [5.41, 5.74) is -0.885. The van der Waals surface area contributed by atoms with E-state index in [0.29, 0.717) is 5.56 Å². The molecule has 45 heavy (non-hydrogen) atoms. The molecule has 0 saturated heterocycles. The van der Waals surface area contributed by atoms with Gasteiger partial charge >= 0.3 is 24.1 Å². The third kappa shape index (κ3) is 13.7. The van der Waals surface area contributed by atoms with Gasteiger partial charge in [0.25, 0.3) is 0 Å². The van der Waals surface area contributed by atoms with Crippen LogP contribution >= 0.6 is 0 Å². The lowest BCUT2D eigenvalue weighted by Gasteiger charge is -2.28. The summed E-state index contributed by atoms with van der Waals surface area (Å²) in [6.45, 7) is 9.30. The molecule has 1 atom stereocenters. The van der Waals surface area contributed by atoms with Crippen LogP contribution in [0.25, 0.3) is 0 Å². The first-order valence-corrected chi connectivity index (χ1v) is 14.3. The number of amides is 3. The second kappa shape index (κ2) is 16.4. The van der Waals surface area contributed by atoms with Gasteiger partial charge < -0.3 is 34.5 Å². The maximum Gasteiger partial charge on any atom is 0.408 e. The van der Waals surface area contributed by atoms with Gasteiger partial charge in [-0.3, -0.25) is 9.59 Å². The van der Waals surface area contributed by atoms with Crippen molar-refractivity contribution >= 4 is 30.0 Å². The molecule has 0 aromatic heterocycles. The minimum Gasteiger partial charge on any atom is -0.469 e. The number of hydrogen-bond donors (Lipinski definition) is 2. The topological polar surface area (TPSA) is 150 Å². The minimum absolute atomic E-state index is 0.0487. The van der Waals surface area contributed by atoms with Crippen molar-refractivity contribution in [3.63, 3.8) is 0 Å². The highest BCUT2D eigenvalue weighted by Crippen LogP contribution is 2.18. The average Bonchev–Trinajstić information content (AvgIpc) is 2.94. The third-order valence-corrected chi connectivity index (χ3v) is 5.80. The zero-order valence-electron chi connectivity index (χ0n) is 26.7. The molecule has 12 nitrogen and oxygen atoms in total. The van der Waals surface area contributed by atoms with Crippen molar-refractivity contribution in [1.29, 1.82) is 0 Å². The lowest BCUT2D eigenvalue weighted by Crippen LogP contribution is -2.51. The monoisotopic (exact) mass is 631 g/mol. The maximum absolute atomic E-state index is 15.0. The molecule has 0 bridgehead atoms. The van der Waals surface area contributed by atoms with Crippen LogP contribution in [0.4, 0.5) is 14.0 Å². The van der Waals surface area contributed by atoms with Gasteiger partial charge in [0.2, 0.25) is 5.91 Å². The highest BCUT2D eigenvalue weighted by atomic mass is 19.1. The molecule has 0 unspecified atom stereocenters. The molecule has 2 aromatic rings. The molecular weight excluding hydrogens is 589 g/mol. The molecule has 0 fully saturated rings. The van der Waals surface area contributed by atoms with Crippen molar-refractivity contribution < 1.29 is 47.3 Å². The van der Waals surface area contributed by atoms with Crippen LogP contribution in [0.3, 0.4) is 0 Å². The van der Waals surface area contributed by atoms with E-state index in [1.165, 1.54) is 12.1 Å². The molecular formula is C32H42FN3O9. The Morgan fingerprint density at radius 3 is 2.13 bits per heavy atom. The van der Waals surface area contributed by atoms with E-state index in [2.05, 4.69) is 10.6 Å². The number of rotatable bonds is 12. The Balaban J connectivity index is 2.33. The van der Waals surface area contributed by atoms with Crippen LogP contribution in [0, 0.1) is 5.82 Å². The lowest BCUT2D eigenvalue weighted by atomic mass is 10.1. The van der Waals surface area contributed by atoms with Gasteiger partial charge in [-0.2, -0.15) is 0 Å². The number of benzene rings is 2. The van der Waals surface area contributed by atoms with Crippen LogP contribution in [0.15, 0.2) is 48.5 Å². The number of esters is 2. The molecule has 13 heteroatoms. The van der Waals surface area contributed by atoms with Gasteiger partial charge in [0.15, 0.2) is 0 Å². The van der Waals surface area contributed by atoms with Crippen molar-refractivity contribution in [3.8, 4) is 0 Å². The molecule has 2 rings (SSSR count). The van der Waals surface area contributed by atoms with Gasteiger partial charge in [-0.15, -0.1) is 0 Å². The summed E-state index contributed by atoms with van der Waals surface area (Å²) in [6.07, 6.45) is -2.29. The number of hydrogen-bond acceptors (Lipinski definition) is 9. The van der Waals surface area contributed by atoms with E-state index in [9.17, 15) is 24.0 Å². The molecule has 246 valence electrons. The number of methoxy groups -OCH3 is 1. The number of halogens is 1. The summed E-state index contributed by atoms with van der Waals surface area (Å²) in [5.74, 6) is -3.02. The molecule has 2 aromatic carbocycles. The average molecular weight is 632 g/mol.